The maximum Gasteiger partial charge on any atom is 0.337 e. The van der Waals surface area contributed by atoms with E-state index in [-0.39, 0.29) is 12.0 Å². The Morgan fingerprint density at radius 1 is 1.07 bits per heavy atom. The highest BCUT2D eigenvalue weighted by Gasteiger charge is 2.16. The maximum atomic E-state index is 11.6. The molecule has 0 saturated carbocycles. The monoisotopic (exact) mass is 390 g/mol. The molecule has 6 nitrogen and oxygen atoms in total. The Balaban J connectivity index is 1.83. The van der Waals surface area contributed by atoms with Gasteiger partial charge in [-0.1, -0.05) is 30.3 Å². The fourth-order valence-corrected chi connectivity index (χ4v) is 2.97. The Hall–Kier alpha value is -3.41. The molecule has 0 radical (unpaired) electrons. The molecule has 0 aliphatic heterocycles. The minimum Gasteiger partial charge on any atom is -0.465 e. The zero-order valence-electron chi connectivity index (χ0n) is 17.2. The summed E-state index contributed by atoms with van der Waals surface area (Å²) in [4.78, 5) is 23.2. The minimum absolute atomic E-state index is 0.240. The third-order valence-corrected chi connectivity index (χ3v) is 4.50. The van der Waals surface area contributed by atoms with E-state index in [1.165, 1.54) is 12.7 Å². The van der Waals surface area contributed by atoms with Crippen molar-refractivity contribution in [2.45, 2.75) is 33.4 Å². The van der Waals surface area contributed by atoms with Crippen molar-refractivity contribution >= 4 is 23.4 Å². The number of aromatic nitrogens is 2. The maximum absolute atomic E-state index is 11.6. The molecule has 0 unspecified atom stereocenters. The second-order valence-electron chi connectivity index (χ2n) is 7.10. The smallest absolute Gasteiger partial charge is 0.337 e. The van der Waals surface area contributed by atoms with E-state index in [1.54, 1.807) is 12.1 Å². The van der Waals surface area contributed by atoms with Gasteiger partial charge in [-0.2, -0.15) is 4.98 Å². The highest BCUT2D eigenvalue weighted by molar-refractivity contribution is 5.89. The molecular formula is C23H26N4O2. The van der Waals surface area contributed by atoms with Crippen molar-refractivity contribution in [2.24, 2.45) is 0 Å². The van der Waals surface area contributed by atoms with Crippen molar-refractivity contribution in [3.05, 3.63) is 77.5 Å². The highest BCUT2D eigenvalue weighted by Crippen LogP contribution is 2.22. The van der Waals surface area contributed by atoms with Crippen LogP contribution in [0.3, 0.4) is 0 Å². The molecule has 0 atom stereocenters. The molecule has 2 aromatic carbocycles. The molecule has 0 spiro atoms. The fourth-order valence-electron chi connectivity index (χ4n) is 2.97. The first kappa shape index (κ1) is 20.3. The van der Waals surface area contributed by atoms with Crippen LogP contribution in [0, 0.1) is 6.92 Å². The van der Waals surface area contributed by atoms with E-state index >= 15 is 0 Å². The number of aryl methyl sites for hydroxylation is 1. The van der Waals surface area contributed by atoms with Gasteiger partial charge < -0.3 is 15.0 Å². The molecule has 0 bridgehead atoms. The lowest BCUT2D eigenvalue weighted by atomic mass is 10.2. The second kappa shape index (κ2) is 9.19. The summed E-state index contributed by atoms with van der Waals surface area (Å²) in [6.45, 7) is 6.95. The number of hydrogen-bond donors (Lipinski definition) is 1. The molecule has 0 aliphatic carbocycles. The number of carbonyl (C=O) groups excluding carboxylic acids is 1. The van der Waals surface area contributed by atoms with Crippen LogP contribution >= 0.6 is 0 Å². The first-order valence-corrected chi connectivity index (χ1v) is 9.58. The van der Waals surface area contributed by atoms with Crippen LogP contribution < -0.4 is 10.2 Å². The SMILES string of the molecule is COC(=O)c1ccc(Nc2cc(C)nc(N(Cc3ccccc3)C(C)C)n2)cc1. The van der Waals surface area contributed by atoms with Crippen molar-refractivity contribution in [1.29, 1.82) is 0 Å². The Morgan fingerprint density at radius 2 is 1.76 bits per heavy atom. The van der Waals surface area contributed by atoms with Gasteiger partial charge in [-0.05, 0) is 50.6 Å². The third-order valence-electron chi connectivity index (χ3n) is 4.50. The van der Waals surface area contributed by atoms with Gasteiger partial charge in [0.25, 0.3) is 0 Å². The summed E-state index contributed by atoms with van der Waals surface area (Å²) in [6.07, 6.45) is 0. The predicted molar refractivity (Wildman–Crippen MR) is 116 cm³/mol. The van der Waals surface area contributed by atoms with Crippen LogP contribution in [0.4, 0.5) is 17.5 Å². The molecule has 0 amide bonds. The lowest BCUT2D eigenvalue weighted by molar-refractivity contribution is 0.0601. The summed E-state index contributed by atoms with van der Waals surface area (Å²) < 4.78 is 4.74. The van der Waals surface area contributed by atoms with E-state index in [9.17, 15) is 4.79 Å². The summed E-state index contributed by atoms with van der Waals surface area (Å²) in [5.74, 6) is 1.03. The average Bonchev–Trinajstić information content (AvgIpc) is 2.72. The van der Waals surface area contributed by atoms with Crippen LogP contribution in [0.25, 0.3) is 0 Å². The number of rotatable bonds is 7. The molecule has 0 saturated heterocycles. The van der Waals surface area contributed by atoms with Gasteiger partial charge >= 0.3 is 5.97 Å². The summed E-state index contributed by atoms with van der Waals surface area (Å²) in [5.41, 5.74) is 3.42. The number of ether oxygens (including phenoxy) is 1. The van der Waals surface area contributed by atoms with E-state index in [2.05, 4.69) is 41.2 Å². The summed E-state index contributed by atoms with van der Waals surface area (Å²) in [7, 11) is 1.37. The number of carbonyl (C=O) groups is 1. The Kier molecular flexibility index (Phi) is 6.44. The van der Waals surface area contributed by atoms with E-state index in [4.69, 9.17) is 9.72 Å². The molecule has 1 N–H and O–H groups in total. The summed E-state index contributed by atoms with van der Waals surface area (Å²) in [5, 5.41) is 3.30. The third kappa shape index (κ3) is 5.31. The summed E-state index contributed by atoms with van der Waals surface area (Å²) in [6, 6.07) is 19.5. The predicted octanol–water partition coefficient (Wildman–Crippen LogP) is 4.73. The van der Waals surface area contributed by atoms with Crippen molar-refractivity contribution in [1.82, 2.24) is 9.97 Å². The molecule has 0 fully saturated rings. The number of benzene rings is 2. The molecule has 3 rings (SSSR count). The van der Waals surface area contributed by atoms with E-state index in [1.807, 2.05) is 43.3 Å². The van der Waals surface area contributed by atoms with Crippen LogP contribution in [0.5, 0.6) is 0 Å². The highest BCUT2D eigenvalue weighted by atomic mass is 16.5. The molecule has 29 heavy (non-hydrogen) atoms. The second-order valence-corrected chi connectivity index (χ2v) is 7.10. The minimum atomic E-state index is -0.356. The normalized spacial score (nSPS) is 10.7. The Labute approximate surface area is 171 Å². The van der Waals surface area contributed by atoms with Crippen LogP contribution in [0.2, 0.25) is 0 Å². The molecule has 6 heteroatoms. The quantitative estimate of drug-likeness (QED) is 0.588. The average molecular weight is 390 g/mol. The van der Waals surface area contributed by atoms with Crippen LogP contribution in [0.1, 0.15) is 35.5 Å². The first-order chi connectivity index (χ1) is 14.0. The van der Waals surface area contributed by atoms with Crippen molar-refractivity contribution in [3.8, 4) is 0 Å². The van der Waals surface area contributed by atoms with Crippen LogP contribution in [0.15, 0.2) is 60.7 Å². The van der Waals surface area contributed by atoms with Gasteiger partial charge in [-0.3, -0.25) is 0 Å². The molecule has 1 aromatic heterocycles. The van der Waals surface area contributed by atoms with Gasteiger partial charge in [0.2, 0.25) is 5.95 Å². The van der Waals surface area contributed by atoms with Crippen LogP contribution in [-0.2, 0) is 11.3 Å². The zero-order chi connectivity index (χ0) is 20.8. The summed E-state index contributed by atoms with van der Waals surface area (Å²) >= 11 is 0. The first-order valence-electron chi connectivity index (χ1n) is 9.58. The van der Waals surface area contributed by atoms with Gasteiger partial charge in [0, 0.05) is 30.0 Å². The number of nitrogens with zero attached hydrogens (tertiary/aromatic N) is 3. The number of nitrogens with one attached hydrogen (secondary N) is 1. The van der Waals surface area contributed by atoms with Crippen LogP contribution in [-0.4, -0.2) is 29.1 Å². The largest absolute Gasteiger partial charge is 0.465 e. The fraction of sp³-hybridized carbons (Fsp3) is 0.261. The van der Waals surface area contributed by atoms with Gasteiger partial charge in [-0.25, -0.2) is 9.78 Å². The molecular weight excluding hydrogens is 364 g/mol. The topological polar surface area (TPSA) is 67.3 Å². The lowest BCUT2D eigenvalue weighted by Gasteiger charge is -2.27. The van der Waals surface area contributed by atoms with Crippen molar-refractivity contribution in [2.75, 3.05) is 17.3 Å². The molecule has 150 valence electrons. The van der Waals surface area contributed by atoms with Crippen molar-refractivity contribution in [3.63, 3.8) is 0 Å². The molecule has 1 heterocycles. The van der Waals surface area contributed by atoms with E-state index in [0.717, 1.165) is 17.9 Å². The number of anilines is 3. The zero-order valence-corrected chi connectivity index (χ0v) is 17.2. The van der Waals surface area contributed by atoms with E-state index in [0.29, 0.717) is 17.3 Å². The lowest BCUT2D eigenvalue weighted by Crippen LogP contribution is -2.32. The number of esters is 1. The number of methoxy groups -OCH3 is 1. The number of hydrogen-bond acceptors (Lipinski definition) is 6. The molecule has 3 aromatic rings. The molecule has 0 aliphatic rings. The van der Waals surface area contributed by atoms with Crippen molar-refractivity contribution < 1.29 is 9.53 Å². The van der Waals surface area contributed by atoms with Gasteiger partial charge in [-0.15, -0.1) is 0 Å². The van der Waals surface area contributed by atoms with Gasteiger partial charge in [0.15, 0.2) is 0 Å². The van der Waals surface area contributed by atoms with Gasteiger partial charge in [0.1, 0.15) is 5.82 Å². The Bertz CT molecular complexity index is 956. The van der Waals surface area contributed by atoms with Gasteiger partial charge in [0.05, 0.1) is 12.7 Å². The standard InChI is InChI=1S/C23H26N4O2/c1-16(2)27(15-18-8-6-5-7-9-18)23-24-17(3)14-21(26-23)25-20-12-10-19(11-13-20)22(28)29-4/h5-14,16H,15H2,1-4H3,(H,24,25,26). The Morgan fingerprint density at radius 3 is 2.38 bits per heavy atom. The van der Waals surface area contributed by atoms with E-state index < -0.39 is 0 Å².